The zero-order valence-electron chi connectivity index (χ0n) is 9.00. The van der Waals surface area contributed by atoms with Crippen molar-refractivity contribution in [2.75, 3.05) is 6.61 Å². The van der Waals surface area contributed by atoms with Crippen molar-refractivity contribution < 1.29 is 14.6 Å². The number of aliphatic carboxylic acids is 1. The summed E-state index contributed by atoms with van der Waals surface area (Å²) in [7, 11) is 0. The Morgan fingerprint density at radius 2 is 2.25 bits per heavy atom. The molecule has 0 heterocycles. The minimum absolute atomic E-state index is 0.518. The quantitative estimate of drug-likeness (QED) is 0.880. The lowest BCUT2D eigenvalue weighted by atomic mass is 9.95. The highest BCUT2D eigenvalue weighted by Gasteiger charge is 2.53. The fourth-order valence-corrected chi connectivity index (χ4v) is 2.05. The number of ether oxygens (including phenoxy) is 1. The van der Waals surface area contributed by atoms with Crippen LogP contribution in [0.3, 0.4) is 0 Å². The Labute approximate surface area is 99.0 Å². The number of carbonyl (C=O) groups is 1. The number of hydrogen-bond acceptors (Lipinski definition) is 2. The molecule has 2 rings (SSSR count). The fourth-order valence-electron chi connectivity index (χ4n) is 1.88. The van der Waals surface area contributed by atoms with Crippen LogP contribution in [0.25, 0.3) is 0 Å². The van der Waals surface area contributed by atoms with Gasteiger partial charge in [-0.25, -0.2) is 0 Å². The van der Waals surface area contributed by atoms with Crippen LogP contribution >= 0.6 is 11.6 Å². The van der Waals surface area contributed by atoms with Crippen LogP contribution in [0.5, 0.6) is 5.75 Å². The van der Waals surface area contributed by atoms with E-state index in [0.29, 0.717) is 35.8 Å². The Balaban J connectivity index is 2.45. The Morgan fingerprint density at radius 1 is 1.56 bits per heavy atom. The van der Waals surface area contributed by atoms with Crippen LogP contribution < -0.4 is 4.74 Å². The zero-order valence-corrected chi connectivity index (χ0v) is 9.75. The number of hydrogen-bond donors (Lipinski definition) is 1. The van der Waals surface area contributed by atoms with Crippen LogP contribution in [0, 0.1) is 0 Å². The molecule has 1 aliphatic carbocycles. The van der Waals surface area contributed by atoms with Crippen molar-refractivity contribution in [3.8, 4) is 5.75 Å². The smallest absolute Gasteiger partial charge is 0.314 e. The van der Waals surface area contributed by atoms with Crippen LogP contribution in [-0.2, 0) is 10.2 Å². The molecule has 0 aromatic heterocycles. The summed E-state index contributed by atoms with van der Waals surface area (Å²) in [5.74, 6) is -0.164. The van der Waals surface area contributed by atoms with E-state index in [1.807, 2.05) is 6.92 Å². The molecule has 1 aliphatic rings. The van der Waals surface area contributed by atoms with Gasteiger partial charge >= 0.3 is 5.97 Å². The van der Waals surface area contributed by atoms with Crippen LogP contribution in [0.15, 0.2) is 18.2 Å². The van der Waals surface area contributed by atoms with Crippen molar-refractivity contribution in [1.29, 1.82) is 0 Å². The van der Waals surface area contributed by atoms with Crippen molar-refractivity contribution >= 4 is 17.6 Å². The third-order valence-electron chi connectivity index (χ3n) is 2.92. The van der Waals surface area contributed by atoms with E-state index in [4.69, 9.17) is 16.3 Å². The molecule has 0 aliphatic heterocycles. The first-order valence-corrected chi connectivity index (χ1v) is 5.64. The number of carboxylic acids is 1. The van der Waals surface area contributed by atoms with Gasteiger partial charge in [-0.05, 0) is 38.0 Å². The molecule has 1 saturated carbocycles. The van der Waals surface area contributed by atoms with E-state index in [1.165, 1.54) is 0 Å². The maximum atomic E-state index is 11.3. The maximum Gasteiger partial charge on any atom is 0.314 e. The second-order valence-electron chi connectivity index (χ2n) is 3.96. The first kappa shape index (κ1) is 11.3. The van der Waals surface area contributed by atoms with E-state index >= 15 is 0 Å². The van der Waals surface area contributed by atoms with Gasteiger partial charge in [-0.15, -0.1) is 0 Å². The average Bonchev–Trinajstić information content (AvgIpc) is 3.02. The topological polar surface area (TPSA) is 46.5 Å². The highest BCUT2D eigenvalue weighted by Crippen LogP contribution is 2.52. The number of benzene rings is 1. The molecule has 1 fully saturated rings. The minimum atomic E-state index is -0.796. The van der Waals surface area contributed by atoms with Gasteiger partial charge in [-0.2, -0.15) is 0 Å². The van der Waals surface area contributed by atoms with E-state index in [0.717, 1.165) is 0 Å². The van der Waals surface area contributed by atoms with E-state index in [-0.39, 0.29) is 0 Å². The van der Waals surface area contributed by atoms with Gasteiger partial charge in [0, 0.05) is 10.6 Å². The molecule has 16 heavy (non-hydrogen) atoms. The van der Waals surface area contributed by atoms with Crippen LogP contribution in [0.2, 0.25) is 5.02 Å². The van der Waals surface area contributed by atoms with Gasteiger partial charge in [0.05, 0.1) is 12.0 Å². The third-order valence-corrected chi connectivity index (χ3v) is 3.15. The molecule has 1 aromatic rings. The van der Waals surface area contributed by atoms with E-state index in [1.54, 1.807) is 18.2 Å². The standard InChI is InChI=1S/C12H13ClO3/c1-2-16-10-4-3-8(13)7-9(10)12(5-6-12)11(14)15/h3-4,7H,2,5-6H2,1H3,(H,14,15). The molecule has 0 bridgehead atoms. The molecule has 0 atom stereocenters. The Hall–Kier alpha value is -1.22. The summed E-state index contributed by atoms with van der Waals surface area (Å²) in [4.78, 5) is 11.3. The summed E-state index contributed by atoms with van der Waals surface area (Å²) in [6, 6.07) is 5.16. The van der Waals surface area contributed by atoms with Crippen molar-refractivity contribution in [3.05, 3.63) is 28.8 Å². The summed E-state index contributed by atoms with van der Waals surface area (Å²) >= 11 is 5.91. The van der Waals surface area contributed by atoms with E-state index in [2.05, 4.69) is 0 Å². The average molecular weight is 241 g/mol. The molecule has 0 spiro atoms. The van der Waals surface area contributed by atoms with Gasteiger partial charge < -0.3 is 9.84 Å². The zero-order chi connectivity index (χ0) is 11.8. The summed E-state index contributed by atoms with van der Waals surface area (Å²) in [5.41, 5.74) is -0.0653. The molecule has 0 radical (unpaired) electrons. The van der Waals surface area contributed by atoms with Crippen molar-refractivity contribution in [2.45, 2.75) is 25.2 Å². The molecule has 0 amide bonds. The van der Waals surface area contributed by atoms with Crippen molar-refractivity contribution in [1.82, 2.24) is 0 Å². The Kier molecular flexibility index (Phi) is 2.80. The monoisotopic (exact) mass is 240 g/mol. The number of halogens is 1. The van der Waals surface area contributed by atoms with Gasteiger partial charge in [0.25, 0.3) is 0 Å². The van der Waals surface area contributed by atoms with Gasteiger partial charge in [-0.1, -0.05) is 11.6 Å². The molecular formula is C12H13ClO3. The normalized spacial score (nSPS) is 16.9. The first-order valence-electron chi connectivity index (χ1n) is 5.26. The highest BCUT2D eigenvalue weighted by molar-refractivity contribution is 6.30. The maximum absolute atomic E-state index is 11.3. The predicted molar refractivity (Wildman–Crippen MR) is 61.2 cm³/mol. The molecule has 1 N–H and O–H groups in total. The summed E-state index contributed by atoms with van der Waals surface area (Å²) in [6.45, 7) is 2.39. The molecule has 0 unspecified atom stereocenters. The lowest BCUT2D eigenvalue weighted by molar-refractivity contribution is -0.140. The van der Waals surface area contributed by atoms with Gasteiger partial charge in [0.2, 0.25) is 0 Å². The van der Waals surface area contributed by atoms with Crippen LogP contribution in [0.1, 0.15) is 25.3 Å². The molecule has 0 saturated heterocycles. The van der Waals surface area contributed by atoms with Gasteiger partial charge in [0.15, 0.2) is 0 Å². The van der Waals surface area contributed by atoms with Crippen molar-refractivity contribution in [2.24, 2.45) is 0 Å². The first-order chi connectivity index (χ1) is 7.60. The van der Waals surface area contributed by atoms with Crippen molar-refractivity contribution in [3.63, 3.8) is 0 Å². The second kappa shape index (κ2) is 3.98. The van der Waals surface area contributed by atoms with Gasteiger partial charge in [-0.3, -0.25) is 4.79 Å². The number of rotatable bonds is 4. The lowest BCUT2D eigenvalue weighted by Gasteiger charge is -2.15. The Bertz CT molecular complexity index is 424. The molecule has 1 aromatic carbocycles. The summed E-state index contributed by atoms with van der Waals surface area (Å²) < 4.78 is 5.45. The summed E-state index contributed by atoms with van der Waals surface area (Å²) in [6.07, 6.45) is 1.31. The Morgan fingerprint density at radius 3 is 2.75 bits per heavy atom. The van der Waals surface area contributed by atoms with Crippen LogP contribution in [0.4, 0.5) is 0 Å². The van der Waals surface area contributed by atoms with Crippen LogP contribution in [-0.4, -0.2) is 17.7 Å². The predicted octanol–water partition coefficient (Wildman–Crippen LogP) is 2.85. The van der Waals surface area contributed by atoms with E-state index in [9.17, 15) is 9.90 Å². The van der Waals surface area contributed by atoms with Gasteiger partial charge in [0.1, 0.15) is 5.75 Å². The van der Waals surface area contributed by atoms with E-state index < -0.39 is 11.4 Å². The summed E-state index contributed by atoms with van der Waals surface area (Å²) in [5, 5.41) is 9.79. The molecule has 86 valence electrons. The molecule has 3 nitrogen and oxygen atoms in total. The molecular weight excluding hydrogens is 228 g/mol. The fraction of sp³-hybridized carbons (Fsp3) is 0.417. The minimum Gasteiger partial charge on any atom is -0.494 e. The largest absolute Gasteiger partial charge is 0.494 e. The highest BCUT2D eigenvalue weighted by atomic mass is 35.5. The number of carboxylic acid groups (broad SMARTS) is 1. The molecule has 4 heteroatoms. The SMILES string of the molecule is CCOc1ccc(Cl)cc1C1(C(=O)O)CC1. The third kappa shape index (κ3) is 1.76. The lowest BCUT2D eigenvalue weighted by Crippen LogP contribution is -2.20. The second-order valence-corrected chi connectivity index (χ2v) is 4.40.